The predicted octanol–water partition coefficient (Wildman–Crippen LogP) is 3.47. The fraction of sp³-hybridized carbons (Fsp3) is 0.471. The molecule has 114 valence electrons. The van der Waals surface area contributed by atoms with Gasteiger partial charge in [0, 0.05) is 17.3 Å². The van der Waals surface area contributed by atoms with Gasteiger partial charge in [0.1, 0.15) is 5.82 Å². The molecule has 0 saturated carbocycles. The van der Waals surface area contributed by atoms with Gasteiger partial charge in [-0.15, -0.1) is 0 Å². The fourth-order valence-corrected chi connectivity index (χ4v) is 2.65. The number of nitrogens with zero attached hydrogens (tertiary/aromatic N) is 2. The zero-order valence-electron chi connectivity index (χ0n) is 13.0. The van der Waals surface area contributed by atoms with Crippen LogP contribution in [0.15, 0.2) is 30.3 Å². The summed E-state index contributed by atoms with van der Waals surface area (Å²) in [6.45, 7) is 6.18. The first-order valence-electron chi connectivity index (χ1n) is 7.69. The van der Waals surface area contributed by atoms with Crippen molar-refractivity contribution in [3.05, 3.63) is 53.1 Å². The molecule has 0 aliphatic rings. The van der Waals surface area contributed by atoms with Gasteiger partial charge in [0.2, 0.25) is 0 Å². The molecule has 1 heterocycles. The monoisotopic (exact) mass is 289 g/mol. The third kappa shape index (κ3) is 3.16. The average molecular weight is 289 g/mol. The second-order valence-electron chi connectivity index (χ2n) is 5.32. The Labute approximate surface area is 126 Å². The van der Waals surface area contributed by atoms with Crippen LogP contribution in [0.2, 0.25) is 0 Å². The van der Waals surface area contributed by atoms with Gasteiger partial charge in [0.25, 0.3) is 0 Å². The van der Waals surface area contributed by atoms with Crippen molar-refractivity contribution in [2.75, 3.05) is 0 Å². The molecule has 0 spiro atoms. The van der Waals surface area contributed by atoms with Gasteiger partial charge in [-0.3, -0.25) is 4.68 Å². The summed E-state index contributed by atoms with van der Waals surface area (Å²) in [4.78, 5) is 0. The van der Waals surface area contributed by atoms with Crippen LogP contribution < -0.4 is 5.73 Å². The number of nitrogens with two attached hydrogens (primary N) is 1. The number of halogens is 1. The van der Waals surface area contributed by atoms with Crippen LogP contribution in [0.3, 0.4) is 0 Å². The van der Waals surface area contributed by atoms with Gasteiger partial charge in [-0.05, 0) is 31.4 Å². The van der Waals surface area contributed by atoms with Gasteiger partial charge in [-0.25, -0.2) is 4.39 Å². The Hall–Kier alpha value is -1.68. The van der Waals surface area contributed by atoms with Gasteiger partial charge in [0.15, 0.2) is 0 Å². The molecule has 0 fully saturated rings. The highest BCUT2D eigenvalue weighted by molar-refractivity contribution is 5.25. The van der Waals surface area contributed by atoms with E-state index in [9.17, 15) is 4.39 Å². The van der Waals surface area contributed by atoms with E-state index < -0.39 is 0 Å². The molecule has 2 N–H and O–H groups in total. The molecule has 0 bridgehead atoms. The SMILES string of the molecule is CCc1cc(CC)n(C(c2ccccc2F)C(N)CC)n1. The fourth-order valence-electron chi connectivity index (χ4n) is 2.65. The number of aryl methyl sites for hydroxylation is 2. The molecule has 0 amide bonds. The number of rotatable bonds is 6. The number of aromatic nitrogens is 2. The van der Waals surface area contributed by atoms with E-state index in [4.69, 9.17) is 5.73 Å². The average Bonchev–Trinajstić information content (AvgIpc) is 2.92. The molecule has 0 radical (unpaired) electrons. The van der Waals surface area contributed by atoms with Gasteiger partial charge in [-0.2, -0.15) is 5.10 Å². The minimum absolute atomic E-state index is 0.170. The second kappa shape index (κ2) is 6.85. The van der Waals surface area contributed by atoms with Gasteiger partial charge < -0.3 is 5.73 Å². The number of benzene rings is 1. The molecule has 2 atom stereocenters. The molecule has 2 aromatic rings. The molecule has 2 rings (SSSR count). The van der Waals surface area contributed by atoms with Crippen molar-refractivity contribution in [3.8, 4) is 0 Å². The lowest BCUT2D eigenvalue weighted by Crippen LogP contribution is -2.34. The molecule has 21 heavy (non-hydrogen) atoms. The van der Waals surface area contributed by atoms with Gasteiger partial charge >= 0.3 is 0 Å². The van der Waals surface area contributed by atoms with Crippen molar-refractivity contribution in [3.63, 3.8) is 0 Å². The summed E-state index contributed by atoms with van der Waals surface area (Å²) < 4.78 is 16.2. The first-order chi connectivity index (χ1) is 10.1. The lowest BCUT2D eigenvalue weighted by Gasteiger charge is -2.26. The van der Waals surface area contributed by atoms with Crippen LogP contribution in [0.4, 0.5) is 4.39 Å². The Kier molecular flexibility index (Phi) is 5.12. The Bertz CT molecular complexity index is 591. The van der Waals surface area contributed by atoms with E-state index in [0.29, 0.717) is 5.56 Å². The van der Waals surface area contributed by atoms with E-state index in [0.717, 1.165) is 30.7 Å². The summed E-state index contributed by atoms with van der Waals surface area (Å²) >= 11 is 0. The second-order valence-corrected chi connectivity index (χ2v) is 5.32. The topological polar surface area (TPSA) is 43.8 Å². The first kappa shape index (κ1) is 15.7. The highest BCUT2D eigenvalue weighted by Gasteiger charge is 2.26. The summed E-state index contributed by atoms with van der Waals surface area (Å²) in [5.74, 6) is -0.220. The maximum atomic E-state index is 14.2. The molecular weight excluding hydrogens is 265 g/mol. The van der Waals surface area contributed by atoms with E-state index in [1.54, 1.807) is 6.07 Å². The van der Waals surface area contributed by atoms with Crippen LogP contribution >= 0.6 is 0 Å². The third-order valence-electron chi connectivity index (χ3n) is 3.95. The Morgan fingerprint density at radius 2 is 1.90 bits per heavy atom. The molecule has 1 aromatic heterocycles. The Morgan fingerprint density at radius 3 is 2.48 bits per heavy atom. The lowest BCUT2D eigenvalue weighted by molar-refractivity contribution is 0.397. The Balaban J connectivity index is 2.56. The Morgan fingerprint density at radius 1 is 1.19 bits per heavy atom. The summed E-state index contributed by atoms with van der Waals surface area (Å²) in [5.41, 5.74) is 9.04. The highest BCUT2D eigenvalue weighted by atomic mass is 19.1. The first-order valence-corrected chi connectivity index (χ1v) is 7.69. The zero-order valence-corrected chi connectivity index (χ0v) is 13.0. The molecule has 3 nitrogen and oxygen atoms in total. The summed E-state index contributed by atoms with van der Waals surface area (Å²) in [6, 6.07) is 8.51. The molecular formula is C17H24FN3. The number of hydrogen-bond acceptors (Lipinski definition) is 2. The van der Waals surface area contributed by atoms with Crippen molar-refractivity contribution in [1.29, 1.82) is 0 Å². The third-order valence-corrected chi connectivity index (χ3v) is 3.95. The molecule has 0 aliphatic heterocycles. The summed E-state index contributed by atoms with van der Waals surface area (Å²) in [6.07, 6.45) is 2.49. The van der Waals surface area contributed by atoms with Crippen LogP contribution in [0.5, 0.6) is 0 Å². The molecule has 0 aliphatic carbocycles. The molecule has 1 aromatic carbocycles. The van der Waals surface area contributed by atoms with Crippen molar-refractivity contribution < 1.29 is 4.39 Å². The highest BCUT2D eigenvalue weighted by Crippen LogP contribution is 2.27. The van der Waals surface area contributed by atoms with E-state index in [1.165, 1.54) is 6.07 Å². The predicted molar refractivity (Wildman–Crippen MR) is 83.8 cm³/mol. The van der Waals surface area contributed by atoms with E-state index in [1.807, 2.05) is 23.7 Å². The summed E-state index contributed by atoms with van der Waals surface area (Å²) in [7, 11) is 0. The lowest BCUT2D eigenvalue weighted by atomic mass is 9.97. The zero-order chi connectivity index (χ0) is 15.4. The van der Waals surface area contributed by atoms with Crippen LogP contribution in [0.1, 0.15) is 50.2 Å². The maximum Gasteiger partial charge on any atom is 0.128 e. The smallest absolute Gasteiger partial charge is 0.128 e. The minimum atomic E-state index is -0.258. The largest absolute Gasteiger partial charge is 0.326 e. The quantitative estimate of drug-likeness (QED) is 0.885. The molecule has 2 unspecified atom stereocenters. The van der Waals surface area contributed by atoms with E-state index in [-0.39, 0.29) is 17.9 Å². The summed E-state index contributed by atoms with van der Waals surface area (Å²) in [5, 5.41) is 4.66. The van der Waals surface area contributed by atoms with E-state index >= 15 is 0 Å². The molecule has 4 heteroatoms. The standard InChI is InChI=1S/C17H24FN3/c1-4-12-11-13(5-2)21(20-12)17(16(19)6-3)14-9-7-8-10-15(14)18/h7-11,16-17H,4-6,19H2,1-3H3. The van der Waals surface area contributed by atoms with Gasteiger partial charge in [-0.1, -0.05) is 39.0 Å². The maximum absolute atomic E-state index is 14.2. The van der Waals surface area contributed by atoms with Crippen molar-refractivity contribution >= 4 is 0 Å². The van der Waals surface area contributed by atoms with Crippen LogP contribution in [-0.2, 0) is 12.8 Å². The minimum Gasteiger partial charge on any atom is -0.326 e. The van der Waals surface area contributed by atoms with Crippen molar-refractivity contribution in [2.45, 2.75) is 52.1 Å². The normalized spacial score (nSPS) is 14.1. The van der Waals surface area contributed by atoms with Crippen molar-refractivity contribution in [1.82, 2.24) is 9.78 Å². The van der Waals surface area contributed by atoms with Crippen LogP contribution in [0, 0.1) is 5.82 Å². The molecule has 0 saturated heterocycles. The van der Waals surface area contributed by atoms with Crippen molar-refractivity contribution in [2.24, 2.45) is 5.73 Å². The van der Waals surface area contributed by atoms with Crippen LogP contribution in [0.25, 0.3) is 0 Å². The van der Waals surface area contributed by atoms with E-state index in [2.05, 4.69) is 25.0 Å². The number of hydrogen-bond donors (Lipinski definition) is 1. The van der Waals surface area contributed by atoms with Gasteiger partial charge in [0.05, 0.1) is 11.7 Å². The van der Waals surface area contributed by atoms with Crippen LogP contribution in [-0.4, -0.2) is 15.8 Å².